The largest absolute Gasteiger partial charge is 0.497 e. The minimum absolute atomic E-state index is 0.396. The van der Waals surface area contributed by atoms with Crippen molar-refractivity contribution in [1.82, 2.24) is 15.2 Å². The van der Waals surface area contributed by atoms with Crippen molar-refractivity contribution in [3.8, 4) is 5.75 Å². The number of halogens is 2. The standard InChI is InChI=1S/C18H17Cl2N5O/c1-26-15-4-2-3-14(10-15)23-18-24-17(11-22-25-18)21-8-7-12-5-6-13(19)9-16(12)20/h2-6,9-11H,7-8H2,1H3,(H2,21,23,24,25). The second-order valence-corrected chi connectivity index (χ2v) is 6.28. The number of nitrogens with one attached hydrogen (secondary N) is 2. The number of nitrogens with zero attached hydrogens (tertiary/aromatic N) is 3. The molecule has 0 atom stereocenters. The molecule has 0 saturated heterocycles. The van der Waals surface area contributed by atoms with Crippen LogP contribution in [0.2, 0.25) is 10.0 Å². The van der Waals surface area contributed by atoms with Crippen LogP contribution in [0, 0.1) is 0 Å². The number of rotatable bonds is 7. The molecule has 134 valence electrons. The number of ether oxygens (including phenoxy) is 1. The van der Waals surface area contributed by atoms with Crippen LogP contribution in [0.15, 0.2) is 48.7 Å². The smallest absolute Gasteiger partial charge is 0.249 e. The number of hydrogen-bond acceptors (Lipinski definition) is 6. The first-order valence-corrected chi connectivity index (χ1v) is 8.68. The van der Waals surface area contributed by atoms with Crippen molar-refractivity contribution in [3.05, 3.63) is 64.3 Å². The first-order chi connectivity index (χ1) is 12.6. The molecule has 2 N–H and O–H groups in total. The van der Waals surface area contributed by atoms with Crippen LogP contribution in [-0.2, 0) is 6.42 Å². The van der Waals surface area contributed by atoms with Gasteiger partial charge in [-0.1, -0.05) is 35.3 Å². The van der Waals surface area contributed by atoms with Crippen molar-refractivity contribution in [1.29, 1.82) is 0 Å². The van der Waals surface area contributed by atoms with Gasteiger partial charge >= 0.3 is 0 Å². The molecule has 8 heteroatoms. The highest BCUT2D eigenvalue weighted by Gasteiger charge is 2.04. The van der Waals surface area contributed by atoms with Crippen LogP contribution in [0.3, 0.4) is 0 Å². The summed E-state index contributed by atoms with van der Waals surface area (Å²) in [5.41, 5.74) is 1.83. The van der Waals surface area contributed by atoms with E-state index >= 15 is 0 Å². The van der Waals surface area contributed by atoms with Crippen molar-refractivity contribution in [2.24, 2.45) is 0 Å². The average molecular weight is 390 g/mol. The summed E-state index contributed by atoms with van der Waals surface area (Å²) in [6, 6.07) is 13.0. The molecule has 0 saturated carbocycles. The minimum atomic E-state index is 0.396. The number of anilines is 3. The Morgan fingerprint density at radius 1 is 1.12 bits per heavy atom. The monoisotopic (exact) mass is 389 g/mol. The number of hydrogen-bond donors (Lipinski definition) is 2. The maximum Gasteiger partial charge on any atom is 0.249 e. The fraction of sp³-hybridized carbons (Fsp3) is 0.167. The normalized spacial score (nSPS) is 10.4. The molecule has 3 rings (SSSR count). The SMILES string of the molecule is COc1cccc(Nc2nncc(NCCc3ccc(Cl)cc3Cl)n2)c1. The second kappa shape index (κ2) is 8.69. The van der Waals surface area contributed by atoms with Crippen molar-refractivity contribution in [2.75, 3.05) is 24.3 Å². The predicted molar refractivity (Wildman–Crippen MR) is 105 cm³/mol. The van der Waals surface area contributed by atoms with Crippen LogP contribution in [0.1, 0.15) is 5.56 Å². The summed E-state index contributed by atoms with van der Waals surface area (Å²) in [7, 11) is 1.62. The van der Waals surface area contributed by atoms with Gasteiger partial charge in [0, 0.05) is 28.3 Å². The molecule has 2 aromatic carbocycles. The van der Waals surface area contributed by atoms with Crippen LogP contribution in [0.25, 0.3) is 0 Å². The molecule has 3 aromatic rings. The van der Waals surface area contributed by atoms with Crippen molar-refractivity contribution >= 4 is 40.7 Å². The Hall–Kier alpha value is -2.57. The summed E-state index contributed by atoms with van der Waals surface area (Å²) >= 11 is 12.1. The van der Waals surface area contributed by atoms with E-state index in [4.69, 9.17) is 27.9 Å². The molecular weight excluding hydrogens is 373 g/mol. The van der Waals surface area contributed by atoms with Crippen LogP contribution in [0.5, 0.6) is 5.75 Å². The summed E-state index contributed by atoms with van der Waals surface area (Å²) in [5, 5.41) is 15.6. The Balaban J connectivity index is 1.60. The van der Waals surface area contributed by atoms with Crippen LogP contribution in [-0.4, -0.2) is 28.8 Å². The lowest BCUT2D eigenvalue weighted by Crippen LogP contribution is -2.09. The van der Waals surface area contributed by atoms with E-state index < -0.39 is 0 Å². The molecule has 0 aliphatic carbocycles. The van der Waals surface area contributed by atoms with E-state index in [1.165, 1.54) is 0 Å². The molecule has 0 unspecified atom stereocenters. The van der Waals surface area contributed by atoms with E-state index in [2.05, 4.69) is 25.8 Å². The van der Waals surface area contributed by atoms with Gasteiger partial charge in [0.1, 0.15) is 5.75 Å². The van der Waals surface area contributed by atoms with Gasteiger partial charge < -0.3 is 15.4 Å². The molecular formula is C18H17Cl2N5O. The number of aromatic nitrogens is 3. The molecule has 1 heterocycles. The minimum Gasteiger partial charge on any atom is -0.497 e. The van der Waals surface area contributed by atoms with Crippen LogP contribution >= 0.6 is 23.2 Å². The topological polar surface area (TPSA) is 72.0 Å². The third kappa shape index (κ3) is 4.97. The van der Waals surface area contributed by atoms with Crippen LogP contribution < -0.4 is 15.4 Å². The van der Waals surface area contributed by atoms with E-state index in [1.807, 2.05) is 36.4 Å². The van der Waals surface area contributed by atoms with E-state index in [0.29, 0.717) is 28.4 Å². The van der Waals surface area contributed by atoms with Gasteiger partial charge in [-0.15, -0.1) is 5.10 Å². The summed E-state index contributed by atoms with van der Waals surface area (Å²) in [4.78, 5) is 4.40. The number of benzene rings is 2. The van der Waals surface area contributed by atoms with Crippen LogP contribution in [0.4, 0.5) is 17.5 Å². The average Bonchev–Trinajstić information content (AvgIpc) is 2.64. The molecule has 0 aliphatic rings. The highest BCUT2D eigenvalue weighted by Crippen LogP contribution is 2.22. The number of methoxy groups -OCH3 is 1. The van der Waals surface area contributed by atoms with Gasteiger partial charge in [-0.05, 0) is 36.2 Å². The van der Waals surface area contributed by atoms with Gasteiger partial charge in [-0.3, -0.25) is 0 Å². The molecule has 0 bridgehead atoms. The summed E-state index contributed by atoms with van der Waals surface area (Å²) in [6.45, 7) is 0.651. The zero-order valence-corrected chi connectivity index (χ0v) is 15.6. The maximum atomic E-state index is 6.18. The van der Waals surface area contributed by atoms with Gasteiger partial charge in [0.05, 0.1) is 13.3 Å². The first-order valence-electron chi connectivity index (χ1n) is 7.92. The lowest BCUT2D eigenvalue weighted by atomic mass is 10.1. The van der Waals surface area contributed by atoms with Gasteiger partial charge in [0.2, 0.25) is 5.95 Å². The van der Waals surface area contributed by atoms with Gasteiger partial charge in [-0.2, -0.15) is 10.1 Å². The lowest BCUT2D eigenvalue weighted by molar-refractivity contribution is 0.415. The molecule has 0 spiro atoms. The van der Waals surface area contributed by atoms with Crippen molar-refractivity contribution in [2.45, 2.75) is 6.42 Å². The van der Waals surface area contributed by atoms with E-state index in [1.54, 1.807) is 19.4 Å². The van der Waals surface area contributed by atoms with Gasteiger partial charge in [0.15, 0.2) is 5.82 Å². The highest BCUT2D eigenvalue weighted by atomic mass is 35.5. The fourth-order valence-corrected chi connectivity index (χ4v) is 2.82. The van der Waals surface area contributed by atoms with Crippen molar-refractivity contribution in [3.63, 3.8) is 0 Å². The quantitative estimate of drug-likeness (QED) is 0.615. The Morgan fingerprint density at radius 2 is 2.00 bits per heavy atom. The predicted octanol–water partition coefficient (Wildman–Crippen LogP) is 4.59. The Kier molecular flexibility index (Phi) is 6.09. The molecule has 0 fully saturated rings. The Labute approximate surface area is 161 Å². The van der Waals surface area contributed by atoms with Gasteiger partial charge in [0.25, 0.3) is 0 Å². The van der Waals surface area contributed by atoms with Gasteiger partial charge in [-0.25, -0.2) is 0 Å². The van der Waals surface area contributed by atoms with E-state index in [9.17, 15) is 0 Å². The molecule has 26 heavy (non-hydrogen) atoms. The third-order valence-electron chi connectivity index (χ3n) is 3.60. The highest BCUT2D eigenvalue weighted by molar-refractivity contribution is 6.35. The molecule has 6 nitrogen and oxygen atoms in total. The molecule has 1 aromatic heterocycles. The third-order valence-corrected chi connectivity index (χ3v) is 4.19. The van der Waals surface area contributed by atoms with E-state index in [0.717, 1.165) is 23.4 Å². The Morgan fingerprint density at radius 3 is 2.81 bits per heavy atom. The molecule has 0 amide bonds. The van der Waals surface area contributed by atoms with E-state index in [-0.39, 0.29) is 0 Å². The summed E-state index contributed by atoms with van der Waals surface area (Å²) < 4.78 is 5.20. The molecule has 0 radical (unpaired) electrons. The molecule has 0 aliphatic heterocycles. The Bertz CT molecular complexity index is 891. The fourth-order valence-electron chi connectivity index (χ4n) is 2.32. The second-order valence-electron chi connectivity index (χ2n) is 5.43. The summed E-state index contributed by atoms with van der Waals surface area (Å²) in [6.07, 6.45) is 2.30. The first kappa shape index (κ1) is 18.2. The maximum absolute atomic E-state index is 6.18. The summed E-state index contributed by atoms with van der Waals surface area (Å²) in [5.74, 6) is 1.76. The lowest BCUT2D eigenvalue weighted by Gasteiger charge is -2.09. The zero-order chi connectivity index (χ0) is 18.4. The van der Waals surface area contributed by atoms with Crippen molar-refractivity contribution < 1.29 is 4.74 Å². The zero-order valence-electron chi connectivity index (χ0n) is 14.0.